The Hall–Kier alpha value is -2.36. The van der Waals surface area contributed by atoms with Crippen LogP contribution >= 0.6 is 0 Å². The number of pyridine rings is 1. The lowest BCUT2D eigenvalue weighted by atomic mass is 10.1. The van der Waals surface area contributed by atoms with Gasteiger partial charge in [-0.2, -0.15) is 0 Å². The molecule has 1 heterocycles. The molecule has 4 nitrogen and oxygen atoms in total. The molecule has 0 atom stereocenters. The highest BCUT2D eigenvalue weighted by Crippen LogP contribution is 2.10. The maximum absolute atomic E-state index is 10.7. The van der Waals surface area contributed by atoms with Gasteiger partial charge in [0.1, 0.15) is 5.82 Å². The highest BCUT2D eigenvalue weighted by Gasteiger charge is 2.03. The van der Waals surface area contributed by atoms with E-state index in [1.807, 2.05) is 18.2 Å². The van der Waals surface area contributed by atoms with E-state index in [9.17, 15) is 4.79 Å². The summed E-state index contributed by atoms with van der Waals surface area (Å²) in [5.74, 6) is -0.295. The van der Waals surface area contributed by atoms with E-state index in [1.54, 1.807) is 6.07 Å². The third kappa shape index (κ3) is 2.85. The van der Waals surface area contributed by atoms with E-state index in [2.05, 4.69) is 23.3 Å². The van der Waals surface area contributed by atoms with Crippen molar-refractivity contribution in [3.8, 4) is 0 Å². The maximum atomic E-state index is 10.7. The molecule has 18 heavy (non-hydrogen) atoms. The molecule has 2 aromatic rings. The fourth-order valence-corrected chi connectivity index (χ4v) is 1.62. The van der Waals surface area contributed by atoms with Gasteiger partial charge in [0.25, 0.3) is 0 Å². The van der Waals surface area contributed by atoms with Crippen LogP contribution in [0.1, 0.15) is 21.5 Å². The van der Waals surface area contributed by atoms with Crippen LogP contribution in [0.4, 0.5) is 5.82 Å². The summed E-state index contributed by atoms with van der Waals surface area (Å²) >= 11 is 0. The fourth-order valence-electron chi connectivity index (χ4n) is 1.62. The standard InChI is InChI=1S/C14H14N2O2/c1-10-4-2-3-5-11(10)8-15-13-7-6-12(9-16-13)14(17)18/h2-7,9H,8H2,1H3,(H,15,16)(H,17,18). The first kappa shape index (κ1) is 12.1. The van der Waals surface area contributed by atoms with Gasteiger partial charge in [0.05, 0.1) is 5.56 Å². The van der Waals surface area contributed by atoms with Crippen LogP contribution in [0.5, 0.6) is 0 Å². The Bertz CT molecular complexity index is 550. The lowest BCUT2D eigenvalue weighted by Gasteiger charge is -2.08. The van der Waals surface area contributed by atoms with Crippen molar-refractivity contribution in [1.29, 1.82) is 0 Å². The van der Waals surface area contributed by atoms with E-state index < -0.39 is 5.97 Å². The number of aryl methyl sites for hydroxylation is 1. The van der Waals surface area contributed by atoms with Gasteiger partial charge in [0.15, 0.2) is 0 Å². The first-order chi connectivity index (χ1) is 8.66. The van der Waals surface area contributed by atoms with Crippen LogP contribution in [0.2, 0.25) is 0 Å². The minimum absolute atomic E-state index is 0.191. The molecule has 0 spiro atoms. The zero-order valence-electron chi connectivity index (χ0n) is 10.1. The van der Waals surface area contributed by atoms with Gasteiger partial charge >= 0.3 is 5.97 Å². The van der Waals surface area contributed by atoms with Crippen molar-refractivity contribution in [3.05, 3.63) is 59.3 Å². The van der Waals surface area contributed by atoms with Gasteiger partial charge in [-0.1, -0.05) is 24.3 Å². The molecule has 1 aromatic carbocycles. The van der Waals surface area contributed by atoms with Crippen LogP contribution in [0.3, 0.4) is 0 Å². The number of anilines is 1. The molecule has 1 aromatic heterocycles. The van der Waals surface area contributed by atoms with Crippen molar-refractivity contribution < 1.29 is 9.90 Å². The van der Waals surface area contributed by atoms with Gasteiger partial charge in [-0.25, -0.2) is 9.78 Å². The SMILES string of the molecule is Cc1ccccc1CNc1ccc(C(=O)O)cn1. The Morgan fingerprint density at radius 3 is 2.67 bits per heavy atom. The minimum Gasteiger partial charge on any atom is -0.478 e. The monoisotopic (exact) mass is 242 g/mol. The molecule has 0 unspecified atom stereocenters. The van der Waals surface area contributed by atoms with Gasteiger partial charge < -0.3 is 10.4 Å². The molecule has 0 radical (unpaired) electrons. The third-order valence-electron chi connectivity index (χ3n) is 2.73. The topological polar surface area (TPSA) is 62.2 Å². The fraction of sp³-hybridized carbons (Fsp3) is 0.143. The number of aromatic nitrogens is 1. The van der Waals surface area contributed by atoms with Crippen molar-refractivity contribution in [1.82, 2.24) is 4.98 Å². The zero-order chi connectivity index (χ0) is 13.0. The summed E-state index contributed by atoms with van der Waals surface area (Å²) in [4.78, 5) is 14.7. The van der Waals surface area contributed by atoms with E-state index in [0.29, 0.717) is 12.4 Å². The lowest BCUT2D eigenvalue weighted by Crippen LogP contribution is -2.04. The second-order valence-corrected chi connectivity index (χ2v) is 4.02. The average molecular weight is 242 g/mol. The number of benzene rings is 1. The largest absolute Gasteiger partial charge is 0.478 e. The number of rotatable bonds is 4. The van der Waals surface area contributed by atoms with E-state index in [1.165, 1.54) is 23.4 Å². The molecule has 0 saturated carbocycles. The molecule has 4 heteroatoms. The molecule has 2 rings (SSSR count). The van der Waals surface area contributed by atoms with E-state index in [0.717, 1.165) is 0 Å². The smallest absolute Gasteiger partial charge is 0.337 e. The number of carbonyl (C=O) groups is 1. The van der Waals surface area contributed by atoms with E-state index >= 15 is 0 Å². The van der Waals surface area contributed by atoms with Crippen LogP contribution in [0.25, 0.3) is 0 Å². The molecule has 0 saturated heterocycles. The number of carboxylic acids is 1. The third-order valence-corrected chi connectivity index (χ3v) is 2.73. The van der Waals surface area contributed by atoms with Crippen LogP contribution in [-0.4, -0.2) is 16.1 Å². The summed E-state index contributed by atoms with van der Waals surface area (Å²) in [6, 6.07) is 11.3. The Balaban J connectivity index is 2.02. The average Bonchev–Trinajstić information content (AvgIpc) is 2.38. The Morgan fingerprint density at radius 1 is 1.28 bits per heavy atom. The predicted octanol–water partition coefficient (Wildman–Crippen LogP) is 2.70. The van der Waals surface area contributed by atoms with Crippen molar-refractivity contribution in [2.24, 2.45) is 0 Å². The minimum atomic E-state index is -0.965. The summed E-state index contributed by atoms with van der Waals surface area (Å²) in [6.07, 6.45) is 1.35. The normalized spacial score (nSPS) is 10.1. The van der Waals surface area contributed by atoms with Crippen LogP contribution < -0.4 is 5.32 Å². The van der Waals surface area contributed by atoms with Crippen LogP contribution in [0, 0.1) is 6.92 Å². The summed E-state index contributed by atoms with van der Waals surface area (Å²) in [5.41, 5.74) is 2.60. The van der Waals surface area contributed by atoms with Gasteiger partial charge in [-0.3, -0.25) is 0 Å². The molecule has 0 bridgehead atoms. The van der Waals surface area contributed by atoms with Crippen molar-refractivity contribution in [2.45, 2.75) is 13.5 Å². The number of nitrogens with zero attached hydrogens (tertiary/aromatic N) is 1. The lowest BCUT2D eigenvalue weighted by molar-refractivity contribution is 0.0696. The number of carboxylic acid groups (broad SMARTS) is 1. The van der Waals surface area contributed by atoms with Crippen LogP contribution in [-0.2, 0) is 6.54 Å². The van der Waals surface area contributed by atoms with Crippen molar-refractivity contribution >= 4 is 11.8 Å². The number of aromatic carboxylic acids is 1. The summed E-state index contributed by atoms with van der Waals surface area (Å²) in [7, 11) is 0. The second kappa shape index (κ2) is 5.31. The molecule has 0 aliphatic heterocycles. The first-order valence-corrected chi connectivity index (χ1v) is 5.64. The summed E-state index contributed by atoms with van der Waals surface area (Å²) in [5, 5.41) is 11.9. The summed E-state index contributed by atoms with van der Waals surface area (Å²) < 4.78 is 0. The number of hydrogen-bond acceptors (Lipinski definition) is 3. The van der Waals surface area contributed by atoms with E-state index in [4.69, 9.17) is 5.11 Å². The molecule has 0 aliphatic carbocycles. The molecular formula is C14H14N2O2. The molecule has 92 valence electrons. The van der Waals surface area contributed by atoms with Crippen molar-refractivity contribution in [3.63, 3.8) is 0 Å². The van der Waals surface area contributed by atoms with Gasteiger partial charge in [0, 0.05) is 12.7 Å². The quantitative estimate of drug-likeness (QED) is 0.865. The van der Waals surface area contributed by atoms with Gasteiger partial charge in [-0.05, 0) is 30.2 Å². The molecular weight excluding hydrogens is 228 g/mol. The van der Waals surface area contributed by atoms with Crippen LogP contribution in [0.15, 0.2) is 42.6 Å². The first-order valence-electron chi connectivity index (χ1n) is 5.64. The number of nitrogens with one attached hydrogen (secondary N) is 1. The Morgan fingerprint density at radius 2 is 2.06 bits per heavy atom. The highest BCUT2D eigenvalue weighted by molar-refractivity contribution is 5.87. The zero-order valence-corrected chi connectivity index (χ0v) is 10.1. The van der Waals surface area contributed by atoms with Gasteiger partial charge in [-0.15, -0.1) is 0 Å². The highest BCUT2D eigenvalue weighted by atomic mass is 16.4. The van der Waals surface area contributed by atoms with Crippen molar-refractivity contribution in [2.75, 3.05) is 5.32 Å². The molecule has 0 amide bonds. The maximum Gasteiger partial charge on any atom is 0.337 e. The van der Waals surface area contributed by atoms with Gasteiger partial charge in [0.2, 0.25) is 0 Å². The number of hydrogen-bond donors (Lipinski definition) is 2. The molecule has 0 aliphatic rings. The predicted molar refractivity (Wildman–Crippen MR) is 69.7 cm³/mol. The summed E-state index contributed by atoms with van der Waals surface area (Å²) in [6.45, 7) is 2.73. The molecule has 0 fully saturated rings. The Kier molecular flexibility index (Phi) is 3.57. The second-order valence-electron chi connectivity index (χ2n) is 4.02. The molecule has 2 N–H and O–H groups in total. The van der Waals surface area contributed by atoms with E-state index in [-0.39, 0.29) is 5.56 Å². The Labute approximate surface area is 105 Å².